The highest BCUT2D eigenvalue weighted by molar-refractivity contribution is 5.84. The molecule has 0 saturated carbocycles. The van der Waals surface area contributed by atoms with Crippen LogP contribution in [-0.2, 0) is 4.74 Å². The standard InChI is InChI=1S/C11H15N5O2/c1-7-13-9-5-8(12-6-16(9)15-7)14-10(17)18-11(2,3)4/h5-6H,1-4H3,(H,14,17). The predicted octanol–water partition coefficient (Wildman–Crippen LogP) is 1.78. The van der Waals surface area contributed by atoms with Crippen LogP contribution in [0.3, 0.4) is 0 Å². The Labute approximate surface area is 104 Å². The Hall–Kier alpha value is -2.18. The quantitative estimate of drug-likeness (QED) is 0.833. The lowest BCUT2D eigenvalue weighted by Crippen LogP contribution is -2.27. The van der Waals surface area contributed by atoms with E-state index in [4.69, 9.17) is 4.74 Å². The Kier molecular flexibility index (Phi) is 2.90. The summed E-state index contributed by atoms with van der Waals surface area (Å²) in [6.45, 7) is 7.18. The summed E-state index contributed by atoms with van der Waals surface area (Å²) in [5.74, 6) is 1.02. The molecule has 7 heteroatoms. The number of carbonyl (C=O) groups excluding carboxylic acids is 1. The molecule has 2 aromatic rings. The van der Waals surface area contributed by atoms with Gasteiger partial charge in [-0.3, -0.25) is 5.32 Å². The van der Waals surface area contributed by atoms with Gasteiger partial charge in [0.1, 0.15) is 23.6 Å². The van der Waals surface area contributed by atoms with Crippen LogP contribution in [-0.4, -0.2) is 31.3 Å². The molecule has 18 heavy (non-hydrogen) atoms. The highest BCUT2D eigenvalue weighted by atomic mass is 16.6. The van der Waals surface area contributed by atoms with Crippen LogP contribution in [0.4, 0.5) is 10.6 Å². The summed E-state index contributed by atoms with van der Waals surface area (Å²) in [4.78, 5) is 19.8. The fourth-order valence-electron chi connectivity index (χ4n) is 1.38. The zero-order chi connectivity index (χ0) is 13.3. The molecule has 7 nitrogen and oxygen atoms in total. The van der Waals surface area contributed by atoms with Gasteiger partial charge in [0.15, 0.2) is 5.65 Å². The van der Waals surface area contributed by atoms with Crippen molar-refractivity contribution in [2.45, 2.75) is 33.3 Å². The maximum atomic E-state index is 11.6. The number of aromatic nitrogens is 4. The summed E-state index contributed by atoms with van der Waals surface area (Å²) < 4.78 is 6.66. The second kappa shape index (κ2) is 4.25. The summed E-state index contributed by atoms with van der Waals surface area (Å²) in [5.41, 5.74) is 0.0770. The van der Waals surface area contributed by atoms with E-state index < -0.39 is 11.7 Å². The predicted molar refractivity (Wildman–Crippen MR) is 65.4 cm³/mol. The summed E-state index contributed by atoms with van der Waals surface area (Å²) in [7, 11) is 0. The number of hydrogen-bond donors (Lipinski definition) is 1. The van der Waals surface area contributed by atoms with Gasteiger partial charge in [0.2, 0.25) is 0 Å². The fourth-order valence-corrected chi connectivity index (χ4v) is 1.38. The van der Waals surface area contributed by atoms with Crippen molar-refractivity contribution >= 4 is 17.6 Å². The second-order valence-electron chi connectivity index (χ2n) is 4.86. The number of nitrogens with zero attached hydrogens (tertiary/aromatic N) is 4. The zero-order valence-corrected chi connectivity index (χ0v) is 10.8. The van der Waals surface area contributed by atoms with Crippen molar-refractivity contribution in [1.82, 2.24) is 19.6 Å². The molecule has 0 aliphatic carbocycles. The van der Waals surface area contributed by atoms with Crippen molar-refractivity contribution in [3.05, 3.63) is 18.2 Å². The van der Waals surface area contributed by atoms with Gasteiger partial charge in [0, 0.05) is 6.07 Å². The van der Waals surface area contributed by atoms with Crippen LogP contribution < -0.4 is 5.32 Å². The molecule has 2 heterocycles. The van der Waals surface area contributed by atoms with Crippen molar-refractivity contribution in [3.8, 4) is 0 Å². The van der Waals surface area contributed by atoms with E-state index in [2.05, 4.69) is 20.4 Å². The minimum Gasteiger partial charge on any atom is -0.444 e. The number of rotatable bonds is 1. The van der Waals surface area contributed by atoms with Crippen LogP contribution in [0, 0.1) is 6.92 Å². The van der Waals surface area contributed by atoms with Gasteiger partial charge in [0.05, 0.1) is 0 Å². The number of aryl methyl sites for hydroxylation is 1. The smallest absolute Gasteiger partial charge is 0.413 e. The van der Waals surface area contributed by atoms with E-state index in [1.807, 2.05) is 0 Å². The third kappa shape index (κ3) is 2.93. The number of nitrogens with one attached hydrogen (secondary N) is 1. The number of hydrogen-bond acceptors (Lipinski definition) is 5. The largest absolute Gasteiger partial charge is 0.444 e. The monoisotopic (exact) mass is 249 g/mol. The van der Waals surface area contributed by atoms with Gasteiger partial charge in [-0.25, -0.2) is 19.3 Å². The van der Waals surface area contributed by atoms with E-state index in [9.17, 15) is 4.79 Å². The Morgan fingerprint density at radius 2 is 2.17 bits per heavy atom. The highest BCUT2D eigenvalue weighted by Gasteiger charge is 2.16. The molecule has 1 N–H and O–H groups in total. The molecular weight excluding hydrogens is 234 g/mol. The molecule has 2 aromatic heterocycles. The molecule has 0 aliphatic heterocycles. The first-order valence-corrected chi connectivity index (χ1v) is 5.52. The topological polar surface area (TPSA) is 81.4 Å². The first-order chi connectivity index (χ1) is 8.33. The summed E-state index contributed by atoms with van der Waals surface area (Å²) >= 11 is 0. The van der Waals surface area contributed by atoms with E-state index >= 15 is 0 Å². The molecule has 0 fully saturated rings. The van der Waals surface area contributed by atoms with Crippen LogP contribution in [0.5, 0.6) is 0 Å². The average molecular weight is 249 g/mol. The number of fused-ring (bicyclic) bond motifs is 1. The molecule has 0 atom stereocenters. The molecule has 0 aliphatic rings. The molecular formula is C11H15N5O2. The molecule has 2 rings (SSSR count). The molecule has 96 valence electrons. The van der Waals surface area contributed by atoms with Gasteiger partial charge < -0.3 is 4.74 Å². The Balaban J connectivity index is 2.14. The Bertz CT molecular complexity index is 585. The first kappa shape index (κ1) is 12.3. The normalized spacial score (nSPS) is 11.6. The number of carbonyl (C=O) groups is 1. The van der Waals surface area contributed by atoms with Gasteiger partial charge in [-0.05, 0) is 27.7 Å². The summed E-state index contributed by atoms with van der Waals surface area (Å²) in [6.07, 6.45) is 0.942. The van der Waals surface area contributed by atoms with E-state index in [0.29, 0.717) is 17.3 Å². The van der Waals surface area contributed by atoms with E-state index in [0.717, 1.165) is 0 Å². The third-order valence-corrected chi connectivity index (χ3v) is 1.96. The Morgan fingerprint density at radius 1 is 1.44 bits per heavy atom. The minimum atomic E-state index is -0.546. The van der Waals surface area contributed by atoms with Crippen molar-refractivity contribution in [3.63, 3.8) is 0 Å². The first-order valence-electron chi connectivity index (χ1n) is 5.52. The van der Waals surface area contributed by atoms with Crippen LogP contribution in [0.15, 0.2) is 12.4 Å². The lowest BCUT2D eigenvalue weighted by Gasteiger charge is -2.19. The lowest BCUT2D eigenvalue weighted by atomic mass is 10.2. The van der Waals surface area contributed by atoms with Crippen molar-refractivity contribution in [2.24, 2.45) is 0 Å². The van der Waals surface area contributed by atoms with Gasteiger partial charge >= 0.3 is 6.09 Å². The Morgan fingerprint density at radius 3 is 2.83 bits per heavy atom. The zero-order valence-electron chi connectivity index (χ0n) is 10.8. The number of anilines is 1. The molecule has 0 spiro atoms. The average Bonchev–Trinajstić information content (AvgIpc) is 2.53. The maximum absolute atomic E-state index is 11.6. The molecule has 0 bridgehead atoms. The lowest BCUT2D eigenvalue weighted by molar-refractivity contribution is 0.0635. The van der Waals surface area contributed by atoms with Gasteiger partial charge in [0.25, 0.3) is 0 Å². The van der Waals surface area contributed by atoms with E-state index in [1.165, 1.54) is 10.8 Å². The molecule has 0 aromatic carbocycles. The second-order valence-corrected chi connectivity index (χ2v) is 4.86. The maximum Gasteiger partial charge on any atom is 0.413 e. The van der Waals surface area contributed by atoms with Crippen molar-refractivity contribution in [2.75, 3.05) is 5.32 Å². The van der Waals surface area contributed by atoms with Crippen LogP contribution >= 0.6 is 0 Å². The molecule has 0 unspecified atom stereocenters. The third-order valence-electron chi connectivity index (χ3n) is 1.96. The molecule has 1 amide bonds. The van der Waals surface area contributed by atoms with Crippen LogP contribution in [0.2, 0.25) is 0 Å². The minimum absolute atomic E-state index is 0.379. The highest BCUT2D eigenvalue weighted by Crippen LogP contribution is 2.11. The van der Waals surface area contributed by atoms with Crippen molar-refractivity contribution in [1.29, 1.82) is 0 Å². The van der Waals surface area contributed by atoms with Crippen LogP contribution in [0.1, 0.15) is 26.6 Å². The number of amides is 1. The van der Waals surface area contributed by atoms with E-state index in [-0.39, 0.29) is 0 Å². The van der Waals surface area contributed by atoms with Crippen molar-refractivity contribution < 1.29 is 9.53 Å². The van der Waals surface area contributed by atoms with Gasteiger partial charge in [-0.2, -0.15) is 5.10 Å². The molecule has 0 radical (unpaired) electrons. The van der Waals surface area contributed by atoms with Gasteiger partial charge in [-0.1, -0.05) is 0 Å². The van der Waals surface area contributed by atoms with Crippen LogP contribution in [0.25, 0.3) is 5.65 Å². The summed E-state index contributed by atoms with van der Waals surface area (Å²) in [6, 6.07) is 1.63. The fraction of sp³-hybridized carbons (Fsp3) is 0.455. The SMILES string of the molecule is Cc1nc2cc(NC(=O)OC(C)(C)C)ncn2n1. The van der Waals surface area contributed by atoms with Gasteiger partial charge in [-0.15, -0.1) is 0 Å². The van der Waals surface area contributed by atoms with E-state index in [1.54, 1.807) is 33.8 Å². The molecule has 0 saturated heterocycles. The number of ether oxygens (including phenoxy) is 1. The summed E-state index contributed by atoms with van der Waals surface area (Å²) in [5, 5.41) is 6.64.